The summed E-state index contributed by atoms with van der Waals surface area (Å²) in [7, 11) is 1.76. The lowest BCUT2D eigenvalue weighted by molar-refractivity contribution is -0.137. The topological polar surface area (TPSA) is 69.6 Å². The molecule has 1 rings (SSSR count). The number of rotatable bonds is 8. The Kier molecular flexibility index (Phi) is 7.29. The van der Waals surface area contributed by atoms with Gasteiger partial charge in [-0.2, -0.15) is 0 Å². The molecule has 5 nitrogen and oxygen atoms in total. The Morgan fingerprint density at radius 1 is 1.14 bits per heavy atom. The zero-order valence-corrected chi connectivity index (χ0v) is 12.8. The van der Waals surface area contributed by atoms with Crippen molar-refractivity contribution in [1.29, 1.82) is 0 Å². The molecule has 5 heteroatoms. The number of unbranched alkanes of at least 4 members (excludes halogenated alkanes) is 2. The van der Waals surface area contributed by atoms with Crippen molar-refractivity contribution in [3.8, 4) is 0 Å². The highest BCUT2D eigenvalue weighted by Gasteiger charge is 2.08. The third kappa shape index (κ3) is 7.34. The van der Waals surface area contributed by atoms with Crippen LogP contribution in [0.1, 0.15) is 36.8 Å². The predicted octanol–water partition coefficient (Wildman–Crippen LogP) is 2.78. The first-order valence-electron chi connectivity index (χ1n) is 7.25. The van der Waals surface area contributed by atoms with Crippen LogP contribution < -0.4 is 5.32 Å². The van der Waals surface area contributed by atoms with Crippen molar-refractivity contribution in [2.45, 2.75) is 39.2 Å². The number of carboxylic acids is 1. The normalized spacial score (nSPS) is 10.2. The number of carboxylic acid groups (broad SMARTS) is 1. The highest BCUT2D eigenvalue weighted by molar-refractivity contribution is 5.73. The molecule has 0 saturated carbocycles. The largest absolute Gasteiger partial charge is 0.481 e. The van der Waals surface area contributed by atoms with Gasteiger partial charge in [-0.1, -0.05) is 36.2 Å². The Morgan fingerprint density at radius 3 is 2.43 bits per heavy atom. The summed E-state index contributed by atoms with van der Waals surface area (Å²) >= 11 is 0. The van der Waals surface area contributed by atoms with Gasteiger partial charge in [-0.25, -0.2) is 4.79 Å². The van der Waals surface area contributed by atoms with Gasteiger partial charge in [0.15, 0.2) is 0 Å². The van der Waals surface area contributed by atoms with Crippen LogP contribution in [0.3, 0.4) is 0 Å². The minimum Gasteiger partial charge on any atom is -0.481 e. The molecule has 2 N–H and O–H groups in total. The number of hydrogen-bond acceptors (Lipinski definition) is 2. The Hall–Kier alpha value is -2.04. The van der Waals surface area contributed by atoms with Crippen LogP contribution >= 0.6 is 0 Å². The molecule has 1 aromatic carbocycles. The van der Waals surface area contributed by atoms with Gasteiger partial charge in [0.1, 0.15) is 0 Å². The average molecular weight is 292 g/mol. The highest BCUT2D eigenvalue weighted by atomic mass is 16.4. The Labute approximate surface area is 126 Å². The fourth-order valence-electron chi connectivity index (χ4n) is 1.95. The SMILES string of the molecule is Cc1ccc(CN(C)C(=O)NCCCCCC(=O)O)cc1. The van der Waals surface area contributed by atoms with E-state index in [1.54, 1.807) is 11.9 Å². The van der Waals surface area contributed by atoms with E-state index in [1.165, 1.54) is 5.56 Å². The lowest BCUT2D eigenvalue weighted by atomic mass is 10.1. The van der Waals surface area contributed by atoms with Crippen molar-refractivity contribution in [2.75, 3.05) is 13.6 Å². The molecule has 2 amide bonds. The van der Waals surface area contributed by atoms with Crippen LogP contribution in [-0.2, 0) is 11.3 Å². The maximum Gasteiger partial charge on any atom is 0.317 e. The predicted molar refractivity (Wildman–Crippen MR) is 82.1 cm³/mol. The summed E-state index contributed by atoms with van der Waals surface area (Å²) in [6.45, 7) is 3.19. The molecule has 0 atom stereocenters. The maximum absolute atomic E-state index is 11.9. The monoisotopic (exact) mass is 292 g/mol. The van der Waals surface area contributed by atoms with E-state index in [9.17, 15) is 9.59 Å². The van der Waals surface area contributed by atoms with Gasteiger partial charge in [0, 0.05) is 26.6 Å². The lowest BCUT2D eigenvalue weighted by Crippen LogP contribution is -2.37. The van der Waals surface area contributed by atoms with E-state index in [4.69, 9.17) is 5.11 Å². The molecule has 21 heavy (non-hydrogen) atoms. The Morgan fingerprint density at radius 2 is 1.81 bits per heavy atom. The molecular formula is C16H24N2O3. The number of urea groups is 1. The Balaban J connectivity index is 2.19. The molecule has 0 spiro atoms. The van der Waals surface area contributed by atoms with Crippen LogP contribution in [0.4, 0.5) is 4.79 Å². The quantitative estimate of drug-likeness (QED) is 0.724. The third-order valence-corrected chi connectivity index (χ3v) is 3.23. The molecule has 0 saturated heterocycles. The number of aryl methyl sites for hydroxylation is 1. The summed E-state index contributed by atoms with van der Waals surface area (Å²) in [5, 5.41) is 11.4. The molecule has 0 radical (unpaired) electrons. The summed E-state index contributed by atoms with van der Waals surface area (Å²) in [4.78, 5) is 23.9. The minimum absolute atomic E-state index is 0.103. The number of nitrogens with one attached hydrogen (secondary N) is 1. The smallest absolute Gasteiger partial charge is 0.317 e. The Bertz CT molecular complexity index is 457. The molecule has 0 aliphatic heterocycles. The summed E-state index contributed by atoms with van der Waals surface area (Å²) < 4.78 is 0. The number of benzene rings is 1. The van der Waals surface area contributed by atoms with E-state index in [2.05, 4.69) is 5.32 Å². The first kappa shape index (κ1) is 17.0. The molecule has 0 heterocycles. The standard InChI is InChI=1S/C16H24N2O3/c1-13-7-9-14(10-8-13)12-18(2)16(21)17-11-5-3-4-6-15(19)20/h7-10H,3-6,11-12H2,1-2H3,(H,17,21)(H,19,20). The number of amides is 2. The maximum atomic E-state index is 11.9. The number of carbonyl (C=O) groups is 2. The molecule has 0 aromatic heterocycles. The second kappa shape index (κ2) is 9.00. The van der Waals surface area contributed by atoms with Gasteiger partial charge in [-0.3, -0.25) is 4.79 Å². The van der Waals surface area contributed by atoms with Crippen LogP contribution in [-0.4, -0.2) is 35.6 Å². The van der Waals surface area contributed by atoms with E-state index in [1.807, 2.05) is 31.2 Å². The van der Waals surface area contributed by atoms with E-state index >= 15 is 0 Å². The first-order valence-corrected chi connectivity index (χ1v) is 7.25. The van der Waals surface area contributed by atoms with Gasteiger partial charge in [-0.05, 0) is 25.3 Å². The molecule has 0 bridgehead atoms. The van der Waals surface area contributed by atoms with Gasteiger partial charge in [0.25, 0.3) is 0 Å². The summed E-state index contributed by atoms with van der Waals surface area (Å²) in [5.41, 5.74) is 2.30. The molecule has 0 unspecified atom stereocenters. The van der Waals surface area contributed by atoms with Gasteiger partial charge >= 0.3 is 12.0 Å². The van der Waals surface area contributed by atoms with E-state index < -0.39 is 5.97 Å². The van der Waals surface area contributed by atoms with Gasteiger partial charge in [-0.15, -0.1) is 0 Å². The zero-order valence-electron chi connectivity index (χ0n) is 12.8. The van der Waals surface area contributed by atoms with E-state index in [0.29, 0.717) is 19.5 Å². The molecule has 0 aliphatic rings. The van der Waals surface area contributed by atoms with E-state index in [-0.39, 0.29) is 12.5 Å². The van der Waals surface area contributed by atoms with Crippen molar-refractivity contribution in [2.24, 2.45) is 0 Å². The fraction of sp³-hybridized carbons (Fsp3) is 0.500. The fourth-order valence-corrected chi connectivity index (χ4v) is 1.95. The van der Waals surface area contributed by atoms with Crippen LogP contribution in [0.25, 0.3) is 0 Å². The number of hydrogen-bond donors (Lipinski definition) is 2. The average Bonchev–Trinajstić information content (AvgIpc) is 2.44. The molecule has 0 fully saturated rings. The van der Waals surface area contributed by atoms with E-state index in [0.717, 1.165) is 18.4 Å². The van der Waals surface area contributed by atoms with Crippen LogP contribution in [0.15, 0.2) is 24.3 Å². The van der Waals surface area contributed by atoms with Crippen molar-refractivity contribution in [3.05, 3.63) is 35.4 Å². The van der Waals surface area contributed by atoms with Crippen molar-refractivity contribution in [3.63, 3.8) is 0 Å². The van der Waals surface area contributed by atoms with Crippen molar-refractivity contribution >= 4 is 12.0 Å². The minimum atomic E-state index is -0.767. The zero-order chi connectivity index (χ0) is 15.7. The number of carbonyl (C=O) groups excluding carboxylic acids is 1. The second-order valence-electron chi connectivity index (χ2n) is 5.28. The van der Waals surface area contributed by atoms with Crippen LogP contribution in [0.5, 0.6) is 0 Å². The summed E-state index contributed by atoms with van der Waals surface area (Å²) in [6.07, 6.45) is 2.47. The first-order chi connectivity index (χ1) is 9.99. The summed E-state index contributed by atoms with van der Waals surface area (Å²) in [6, 6.07) is 8.00. The molecule has 116 valence electrons. The van der Waals surface area contributed by atoms with Crippen molar-refractivity contribution in [1.82, 2.24) is 10.2 Å². The summed E-state index contributed by atoms with van der Waals surface area (Å²) in [5.74, 6) is -0.767. The van der Waals surface area contributed by atoms with Crippen LogP contribution in [0, 0.1) is 6.92 Å². The number of nitrogens with zero attached hydrogens (tertiary/aromatic N) is 1. The number of aliphatic carboxylic acids is 1. The lowest BCUT2D eigenvalue weighted by Gasteiger charge is -2.18. The van der Waals surface area contributed by atoms with Gasteiger partial charge < -0.3 is 15.3 Å². The molecule has 0 aliphatic carbocycles. The van der Waals surface area contributed by atoms with Gasteiger partial charge in [0.2, 0.25) is 0 Å². The second-order valence-corrected chi connectivity index (χ2v) is 5.28. The molecule has 1 aromatic rings. The highest BCUT2D eigenvalue weighted by Crippen LogP contribution is 2.06. The van der Waals surface area contributed by atoms with Crippen LogP contribution in [0.2, 0.25) is 0 Å². The molecular weight excluding hydrogens is 268 g/mol. The van der Waals surface area contributed by atoms with Gasteiger partial charge in [0.05, 0.1) is 0 Å². The third-order valence-electron chi connectivity index (χ3n) is 3.23. The van der Waals surface area contributed by atoms with Crippen molar-refractivity contribution < 1.29 is 14.7 Å².